The van der Waals surface area contributed by atoms with Gasteiger partial charge in [0.15, 0.2) is 5.67 Å². The van der Waals surface area contributed by atoms with Crippen molar-refractivity contribution in [3.8, 4) is 0 Å². The Labute approximate surface area is 92.1 Å². The number of alkyl halides is 3. The van der Waals surface area contributed by atoms with Crippen LogP contribution in [0.1, 0.15) is 11.5 Å². The van der Waals surface area contributed by atoms with E-state index in [9.17, 15) is 13.2 Å². The summed E-state index contributed by atoms with van der Waals surface area (Å²) in [4.78, 5) is 0. The van der Waals surface area contributed by atoms with Gasteiger partial charge in [-0.3, -0.25) is 0 Å². The normalized spacial score (nSPS) is 28.6. The Hall–Kier alpha value is -1.51. The molecular formula is C13H11F3. The van der Waals surface area contributed by atoms with Crippen LogP contribution in [0.4, 0.5) is 13.2 Å². The Morgan fingerprint density at radius 3 is 2.38 bits per heavy atom. The van der Waals surface area contributed by atoms with E-state index in [1.165, 1.54) is 12.2 Å². The SMILES string of the molecule is FC(F)C1(F)C=CC=CC1c1ccccc1. The lowest BCUT2D eigenvalue weighted by Gasteiger charge is -2.30. The zero-order valence-corrected chi connectivity index (χ0v) is 8.48. The molecule has 16 heavy (non-hydrogen) atoms. The molecule has 1 aromatic carbocycles. The van der Waals surface area contributed by atoms with E-state index in [0.717, 1.165) is 6.08 Å². The lowest BCUT2D eigenvalue weighted by atomic mass is 9.81. The molecule has 0 saturated heterocycles. The lowest BCUT2D eigenvalue weighted by Crippen LogP contribution is -2.37. The highest BCUT2D eigenvalue weighted by atomic mass is 19.3. The Balaban J connectivity index is 2.40. The van der Waals surface area contributed by atoms with Gasteiger partial charge in [-0.1, -0.05) is 48.6 Å². The Bertz CT molecular complexity index is 408. The second-order valence-corrected chi connectivity index (χ2v) is 3.76. The maximum absolute atomic E-state index is 14.2. The van der Waals surface area contributed by atoms with Crippen molar-refractivity contribution in [1.29, 1.82) is 0 Å². The largest absolute Gasteiger partial charge is 0.276 e. The maximum atomic E-state index is 14.2. The van der Waals surface area contributed by atoms with Crippen LogP contribution < -0.4 is 0 Å². The van der Waals surface area contributed by atoms with Crippen LogP contribution in [-0.4, -0.2) is 12.1 Å². The van der Waals surface area contributed by atoms with E-state index in [1.807, 2.05) is 0 Å². The monoisotopic (exact) mass is 224 g/mol. The van der Waals surface area contributed by atoms with Crippen molar-refractivity contribution < 1.29 is 13.2 Å². The molecule has 1 aliphatic rings. The molecule has 84 valence electrons. The summed E-state index contributed by atoms with van der Waals surface area (Å²) in [5, 5.41) is 0. The first kappa shape index (κ1) is 11.0. The fourth-order valence-electron chi connectivity index (χ4n) is 1.86. The van der Waals surface area contributed by atoms with Crippen LogP contribution in [0.25, 0.3) is 0 Å². The third-order valence-corrected chi connectivity index (χ3v) is 2.74. The number of hydrogen-bond acceptors (Lipinski definition) is 0. The predicted octanol–water partition coefficient (Wildman–Crippen LogP) is 3.87. The summed E-state index contributed by atoms with van der Waals surface area (Å²) in [6, 6.07) is 8.52. The average molecular weight is 224 g/mol. The second-order valence-electron chi connectivity index (χ2n) is 3.76. The van der Waals surface area contributed by atoms with E-state index in [0.29, 0.717) is 5.56 Å². The number of halogens is 3. The van der Waals surface area contributed by atoms with Crippen LogP contribution in [0.2, 0.25) is 0 Å². The standard InChI is InChI=1S/C13H11F3/c14-12(15)13(16)9-5-4-8-11(13)10-6-2-1-3-7-10/h1-9,11-12H. The Morgan fingerprint density at radius 1 is 1.06 bits per heavy atom. The van der Waals surface area contributed by atoms with Crippen LogP contribution >= 0.6 is 0 Å². The van der Waals surface area contributed by atoms with E-state index in [2.05, 4.69) is 0 Å². The molecule has 0 fully saturated rings. The third-order valence-electron chi connectivity index (χ3n) is 2.74. The first-order valence-corrected chi connectivity index (χ1v) is 5.02. The van der Waals surface area contributed by atoms with Gasteiger partial charge in [0.2, 0.25) is 0 Å². The summed E-state index contributed by atoms with van der Waals surface area (Å²) < 4.78 is 39.7. The van der Waals surface area contributed by atoms with Gasteiger partial charge in [-0.2, -0.15) is 0 Å². The van der Waals surface area contributed by atoms with Crippen LogP contribution in [0.5, 0.6) is 0 Å². The number of benzene rings is 1. The van der Waals surface area contributed by atoms with Gasteiger partial charge in [0.25, 0.3) is 6.43 Å². The fraction of sp³-hybridized carbons (Fsp3) is 0.231. The number of rotatable bonds is 2. The molecule has 0 nitrogen and oxygen atoms in total. The molecule has 0 radical (unpaired) electrons. The third kappa shape index (κ3) is 1.77. The van der Waals surface area contributed by atoms with Crippen molar-refractivity contribution in [2.75, 3.05) is 0 Å². The van der Waals surface area contributed by atoms with Crippen molar-refractivity contribution in [2.24, 2.45) is 0 Å². The second kappa shape index (κ2) is 4.16. The summed E-state index contributed by atoms with van der Waals surface area (Å²) in [5.41, 5.74) is -2.04. The highest BCUT2D eigenvalue weighted by Crippen LogP contribution is 2.41. The lowest BCUT2D eigenvalue weighted by molar-refractivity contribution is -0.0113. The van der Waals surface area contributed by atoms with Gasteiger partial charge in [-0.15, -0.1) is 0 Å². The molecule has 0 N–H and O–H groups in total. The van der Waals surface area contributed by atoms with E-state index >= 15 is 0 Å². The van der Waals surface area contributed by atoms with Crippen molar-refractivity contribution in [3.63, 3.8) is 0 Å². The zero-order valence-electron chi connectivity index (χ0n) is 8.48. The molecule has 3 heteroatoms. The molecule has 1 aliphatic carbocycles. The smallest absolute Gasteiger partial charge is 0.232 e. The minimum absolute atomic E-state index is 0.561. The van der Waals surface area contributed by atoms with Gasteiger partial charge in [0.05, 0.1) is 0 Å². The predicted molar refractivity (Wildman–Crippen MR) is 57.3 cm³/mol. The average Bonchev–Trinajstić information content (AvgIpc) is 2.30. The van der Waals surface area contributed by atoms with E-state index < -0.39 is 18.0 Å². The first-order valence-electron chi connectivity index (χ1n) is 5.02. The van der Waals surface area contributed by atoms with E-state index in [1.54, 1.807) is 36.4 Å². The van der Waals surface area contributed by atoms with Gasteiger partial charge in [-0.05, 0) is 11.6 Å². The molecule has 0 aromatic heterocycles. The minimum Gasteiger partial charge on any atom is -0.232 e. The van der Waals surface area contributed by atoms with Crippen molar-refractivity contribution >= 4 is 0 Å². The van der Waals surface area contributed by atoms with Gasteiger partial charge in [0.1, 0.15) is 0 Å². The van der Waals surface area contributed by atoms with Crippen LogP contribution in [-0.2, 0) is 0 Å². The summed E-state index contributed by atoms with van der Waals surface area (Å²) in [6.07, 6.45) is 2.30. The summed E-state index contributed by atoms with van der Waals surface area (Å²) in [7, 11) is 0. The van der Waals surface area contributed by atoms with Crippen LogP contribution in [0.3, 0.4) is 0 Å². The quantitative estimate of drug-likeness (QED) is 0.715. The number of allylic oxidation sites excluding steroid dienone is 4. The summed E-state index contributed by atoms with van der Waals surface area (Å²) in [5.74, 6) is -0.918. The summed E-state index contributed by atoms with van der Waals surface area (Å²) >= 11 is 0. The van der Waals surface area contributed by atoms with E-state index in [-0.39, 0.29) is 0 Å². The molecule has 0 saturated carbocycles. The molecular weight excluding hydrogens is 213 g/mol. The van der Waals surface area contributed by atoms with Crippen LogP contribution in [0, 0.1) is 0 Å². The van der Waals surface area contributed by atoms with Gasteiger partial charge in [0, 0.05) is 5.92 Å². The van der Waals surface area contributed by atoms with Crippen molar-refractivity contribution in [3.05, 3.63) is 60.2 Å². The van der Waals surface area contributed by atoms with Crippen molar-refractivity contribution in [1.82, 2.24) is 0 Å². The molecule has 0 aliphatic heterocycles. The fourth-order valence-corrected chi connectivity index (χ4v) is 1.86. The van der Waals surface area contributed by atoms with Gasteiger partial charge >= 0.3 is 0 Å². The molecule has 2 atom stereocenters. The highest BCUT2D eigenvalue weighted by molar-refractivity contribution is 5.36. The molecule has 0 amide bonds. The molecule has 0 bridgehead atoms. The van der Waals surface area contributed by atoms with E-state index in [4.69, 9.17) is 0 Å². The molecule has 1 aromatic rings. The topological polar surface area (TPSA) is 0 Å². The van der Waals surface area contributed by atoms with Gasteiger partial charge in [-0.25, -0.2) is 13.2 Å². The van der Waals surface area contributed by atoms with Crippen molar-refractivity contribution in [2.45, 2.75) is 18.0 Å². The highest BCUT2D eigenvalue weighted by Gasteiger charge is 2.45. The summed E-state index contributed by atoms with van der Waals surface area (Å²) in [6.45, 7) is 0. The Morgan fingerprint density at radius 2 is 1.75 bits per heavy atom. The molecule has 0 spiro atoms. The van der Waals surface area contributed by atoms with Crippen LogP contribution in [0.15, 0.2) is 54.6 Å². The zero-order chi connectivity index (χ0) is 11.6. The Kier molecular flexibility index (Phi) is 2.86. The maximum Gasteiger partial charge on any atom is 0.276 e. The van der Waals surface area contributed by atoms with Gasteiger partial charge < -0.3 is 0 Å². The molecule has 2 unspecified atom stereocenters. The molecule has 0 heterocycles. The first-order chi connectivity index (χ1) is 7.64. The minimum atomic E-state index is -3.03. The molecule has 2 rings (SSSR count). The number of hydrogen-bond donors (Lipinski definition) is 0.